The zero-order valence-electron chi connectivity index (χ0n) is 16.5. The fourth-order valence-electron chi connectivity index (χ4n) is 3.90. The Labute approximate surface area is 186 Å². The minimum Gasteiger partial charge on any atom is -0.339 e. The molecule has 10 heteroatoms. The molecule has 158 valence electrons. The molecule has 31 heavy (non-hydrogen) atoms. The predicted octanol–water partition coefficient (Wildman–Crippen LogP) is 3.30. The van der Waals surface area contributed by atoms with Gasteiger partial charge in [0.15, 0.2) is 11.2 Å². The third kappa shape index (κ3) is 3.86. The topological polar surface area (TPSA) is 96.8 Å². The highest BCUT2D eigenvalue weighted by molar-refractivity contribution is 7.07. The summed E-state index contributed by atoms with van der Waals surface area (Å²) in [5.41, 5.74) is 2.04. The molecule has 1 aromatic carbocycles. The second kappa shape index (κ2) is 8.24. The largest absolute Gasteiger partial charge is 0.339 e. The van der Waals surface area contributed by atoms with E-state index >= 15 is 0 Å². The minimum atomic E-state index is -0.286. The quantitative estimate of drug-likeness (QED) is 0.510. The smallest absolute Gasteiger partial charge is 0.281 e. The zero-order valence-corrected chi connectivity index (χ0v) is 18.1. The van der Waals surface area contributed by atoms with E-state index in [0.717, 1.165) is 5.56 Å². The lowest BCUT2D eigenvalue weighted by Crippen LogP contribution is -2.38. The van der Waals surface area contributed by atoms with Crippen molar-refractivity contribution in [2.24, 2.45) is 0 Å². The second-order valence-corrected chi connectivity index (χ2v) is 8.74. The van der Waals surface area contributed by atoms with Gasteiger partial charge in [-0.25, -0.2) is 9.67 Å². The highest BCUT2D eigenvalue weighted by Crippen LogP contribution is 2.27. The Hall–Kier alpha value is -3.04. The zero-order chi connectivity index (χ0) is 21.4. The Kier molecular flexibility index (Phi) is 5.29. The second-order valence-electron chi connectivity index (χ2n) is 7.55. The summed E-state index contributed by atoms with van der Waals surface area (Å²) in [7, 11) is 0. The standard InChI is InChI=1S/C21H19ClN6O2S/c22-16-4-2-1-3-15(16)21(30)27-8-5-14(6-9-27)18-23-19-17(20(29)24-18)25-26-28(19)11-13-7-10-31-12-13/h1-4,7,10,12,14H,5-6,8-9,11H2,(H,23,24,29). The number of amides is 1. The molecule has 1 saturated heterocycles. The molecule has 1 fully saturated rings. The molecular formula is C21H19ClN6O2S. The van der Waals surface area contributed by atoms with E-state index < -0.39 is 0 Å². The monoisotopic (exact) mass is 454 g/mol. The van der Waals surface area contributed by atoms with E-state index in [1.807, 2.05) is 22.9 Å². The summed E-state index contributed by atoms with van der Waals surface area (Å²) < 4.78 is 1.66. The first-order chi connectivity index (χ1) is 15.1. The lowest BCUT2D eigenvalue weighted by molar-refractivity contribution is 0.0711. The van der Waals surface area contributed by atoms with Crippen LogP contribution in [0.15, 0.2) is 45.9 Å². The van der Waals surface area contributed by atoms with Crippen molar-refractivity contribution in [2.75, 3.05) is 13.1 Å². The number of thiophene rings is 1. The van der Waals surface area contributed by atoms with E-state index in [1.165, 1.54) is 0 Å². The van der Waals surface area contributed by atoms with E-state index in [0.29, 0.717) is 54.5 Å². The van der Waals surface area contributed by atoms with Crippen LogP contribution in [0.5, 0.6) is 0 Å². The molecule has 1 aliphatic rings. The molecule has 1 amide bonds. The fraction of sp³-hybridized carbons (Fsp3) is 0.286. The SMILES string of the molecule is O=C(c1ccccc1Cl)N1CCC(c2nc3c(nnn3Cc3ccsc3)c(=O)[nH]2)CC1. The molecule has 0 bridgehead atoms. The number of carbonyl (C=O) groups is 1. The first-order valence-electron chi connectivity index (χ1n) is 9.98. The predicted molar refractivity (Wildman–Crippen MR) is 119 cm³/mol. The van der Waals surface area contributed by atoms with Gasteiger partial charge in [-0.3, -0.25) is 9.59 Å². The maximum absolute atomic E-state index is 12.8. The molecule has 3 aromatic heterocycles. The first kappa shape index (κ1) is 19.9. The van der Waals surface area contributed by atoms with Crippen LogP contribution in [0.2, 0.25) is 5.02 Å². The van der Waals surface area contributed by atoms with Gasteiger partial charge in [-0.15, -0.1) is 5.10 Å². The summed E-state index contributed by atoms with van der Waals surface area (Å²) in [4.78, 5) is 34.7. The lowest BCUT2D eigenvalue weighted by Gasteiger charge is -2.31. The third-order valence-corrected chi connectivity index (χ3v) is 6.64. The highest BCUT2D eigenvalue weighted by Gasteiger charge is 2.27. The van der Waals surface area contributed by atoms with Gasteiger partial charge in [0.05, 0.1) is 17.1 Å². The van der Waals surface area contributed by atoms with Crippen molar-refractivity contribution in [3.8, 4) is 0 Å². The molecule has 1 aliphatic heterocycles. The third-order valence-electron chi connectivity index (χ3n) is 5.58. The number of H-pyrrole nitrogens is 1. The number of nitrogens with zero attached hydrogens (tertiary/aromatic N) is 5. The number of aromatic nitrogens is 5. The molecule has 5 rings (SSSR count). The summed E-state index contributed by atoms with van der Waals surface area (Å²) in [5.74, 6) is 0.604. The molecule has 0 saturated carbocycles. The number of benzene rings is 1. The lowest BCUT2D eigenvalue weighted by atomic mass is 9.95. The van der Waals surface area contributed by atoms with Crippen molar-refractivity contribution in [2.45, 2.75) is 25.3 Å². The van der Waals surface area contributed by atoms with Crippen molar-refractivity contribution in [3.05, 3.63) is 73.4 Å². The molecule has 0 radical (unpaired) electrons. The number of halogens is 1. The van der Waals surface area contributed by atoms with Crippen LogP contribution in [-0.4, -0.2) is 48.9 Å². The number of hydrogen-bond acceptors (Lipinski definition) is 6. The van der Waals surface area contributed by atoms with E-state index in [-0.39, 0.29) is 22.9 Å². The Morgan fingerprint density at radius 3 is 2.77 bits per heavy atom. The van der Waals surface area contributed by atoms with E-state index in [4.69, 9.17) is 16.6 Å². The van der Waals surface area contributed by atoms with E-state index in [9.17, 15) is 9.59 Å². The summed E-state index contributed by atoms with van der Waals surface area (Å²) in [6.07, 6.45) is 1.41. The average Bonchev–Trinajstić information content (AvgIpc) is 3.45. The number of likely N-dealkylation sites (tertiary alicyclic amines) is 1. The van der Waals surface area contributed by atoms with Crippen LogP contribution in [0.25, 0.3) is 11.2 Å². The van der Waals surface area contributed by atoms with Crippen molar-refractivity contribution in [1.82, 2.24) is 29.9 Å². The molecule has 1 N–H and O–H groups in total. The van der Waals surface area contributed by atoms with Gasteiger partial charge < -0.3 is 9.88 Å². The summed E-state index contributed by atoms with van der Waals surface area (Å²) in [5, 5.41) is 12.6. The van der Waals surface area contributed by atoms with Gasteiger partial charge in [-0.2, -0.15) is 11.3 Å². The molecule has 4 aromatic rings. The Balaban J connectivity index is 1.35. The average molecular weight is 455 g/mol. The van der Waals surface area contributed by atoms with Crippen molar-refractivity contribution >= 4 is 40.0 Å². The molecule has 0 aliphatic carbocycles. The van der Waals surface area contributed by atoms with Crippen molar-refractivity contribution < 1.29 is 4.79 Å². The fourth-order valence-corrected chi connectivity index (χ4v) is 4.78. The van der Waals surface area contributed by atoms with Gasteiger partial charge in [0.1, 0.15) is 5.82 Å². The minimum absolute atomic E-state index is 0.0527. The van der Waals surface area contributed by atoms with Gasteiger partial charge in [0.2, 0.25) is 0 Å². The van der Waals surface area contributed by atoms with Crippen LogP contribution < -0.4 is 5.56 Å². The van der Waals surface area contributed by atoms with E-state index in [1.54, 1.807) is 39.1 Å². The highest BCUT2D eigenvalue weighted by atomic mass is 35.5. The summed E-state index contributed by atoms with van der Waals surface area (Å²) in [6, 6.07) is 9.09. The summed E-state index contributed by atoms with van der Waals surface area (Å²) in [6.45, 7) is 1.66. The molecule has 4 heterocycles. The maximum Gasteiger partial charge on any atom is 0.281 e. The molecule has 0 spiro atoms. The number of hydrogen-bond donors (Lipinski definition) is 1. The van der Waals surface area contributed by atoms with Gasteiger partial charge in [-0.05, 0) is 47.4 Å². The summed E-state index contributed by atoms with van der Waals surface area (Å²) >= 11 is 7.79. The van der Waals surface area contributed by atoms with Crippen LogP contribution in [0.1, 0.15) is 40.5 Å². The number of carbonyl (C=O) groups excluding carboxylic acids is 1. The Morgan fingerprint density at radius 1 is 1.23 bits per heavy atom. The van der Waals surface area contributed by atoms with Crippen LogP contribution in [-0.2, 0) is 6.54 Å². The first-order valence-corrected chi connectivity index (χ1v) is 11.3. The van der Waals surface area contributed by atoms with Crippen molar-refractivity contribution in [3.63, 3.8) is 0 Å². The molecule has 8 nitrogen and oxygen atoms in total. The molecular weight excluding hydrogens is 436 g/mol. The normalized spacial score (nSPS) is 14.9. The molecule has 0 unspecified atom stereocenters. The Morgan fingerprint density at radius 2 is 2.03 bits per heavy atom. The number of fused-ring (bicyclic) bond motifs is 1. The van der Waals surface area contributed by atoms with Gasteiger partial charge in [0.25, 0.3) is 11.5 Å². The van der Waals surface area contributed by atoms with E-state index in [2.05, 4.69) is 15.3 Å². The maximum atomic E-state index is 12.8. The Bertz CT molecular complexity index is 1290. The number of nitrogens with one attached hydrogen (secondary N) is 1. The van der Waals surface area contributed by atoms with Crippen LogP contribution in [0, 0.1) is 0 Å². The van der Waals surface area contributed by atoms with Gasteiger partial charge in [0, 0.05) is 19.0 Å². The van der Waals surface area contributed by atoms with Crippen LogP contribution in [0.3, 0.4) is 0 Å². The number of aromatic amines is 1. The van der Waals surface area contributed by atoms with Gasteiger partial charge in [-0.1, -0.05) is 28.9 Å². The van der Waals surface area contributed by atoms with Crippen LogP contribution in [0.4, 0.5) is 0 Å². The van der Waals surface area contributed by atoms with Crippen molar-refractivity contribution in [1.29, 1.82) is 0 Å². The van der Waals surface area contributed by atoms with Crippen LogP contribution >= 0.6 is 22.9 Å². The van der Waals surface area contributed by atoms with Gasteiger partial charge >= 0.3 is 0 Å². The number of rotatable bonds is 4. The molecule has 0 atom stereocenters. The number of piperidine rings is 1.